The van der Waals surface area contributed by atoms with Crippen LogP contribution in [0.2, 0.25) is 0 Å². The van der Waals surface area contributed by atoms with Crippen molar-refractivity contribution in [3.63, 3.8) is 0 Å². The number of methoxy groups -OCH3 is 1. The number of hydrogen-bond acceptors (Lipinski definition) is 4. The van der Waals surface area contributed by atoms with Gasteiger partial charge in [-0.25, -0.2) is 4.98 Å². The minimum absolute atomic E-state index is 0.628. The lowest BCUT2D eigenvalue weighted by atomic mass is 10.2. The molecule has 2 heterocycles. The third-order valence-corrected chi connectivity index (χ3v) is 2.41. The van der Waals surface area contributed by atoms with Crippen molar-refractivity contribution in [2.75, 3.05) is 19.0 Å². The largest absolute Gasteiger partial charge is 0.481 e. The van der Waals surface area contributed by atoms with Gasteiger partial charge in [-0.1, -0.05) is 6.07 Å². The van der Waals surface area contributed by atoms with Crippen molar-refractivity contribution in [3.8, 4) is 5.88 Å². The number of nitrogens with one attached hydrogen (secondary N) is 1. The minimum Gasteiger partial charge on any atom is -0.481 e. The molecule has 88 valence electrons. The molecule has 2 aromatic rings. The van der Waals surface area contributed by atoms with Crippen LogP contribution in [0.4, 0.5) is 5.69 Å². The second-order valence-electron chi connectivity index (χ2n) is 3.63. The maximum absolute atomic E-state index is 5.00. The second kappa shape index (κ2) is 5.84. The average molecular weight is 229 g/mol. The number of hydrogen-bond donors (Lipinski definition) is 1. The summed E-state index contributed by atoms with van der Waals surface area (Å²) in [4.78, 5) is 8.20. The molecule has 0 radical (unpaired) electrons. The molecular weight excluding hydrogens is 214 g/mol. The van der Waals surface area contributed by atoms with E-state index in [4.69, 9.17) is 4.74 Å². The number of pyridine rings is 2. The first-order valence-electron chi connectivity index (χ1n) is 5.51. The van der Waals surface area contributed by atoms with E-state index in [1.807, 2.05) is 24.4 Å². The molecule has 17 heavy (non-hydrogen) atoms. The SMILES string of the molecule is COc1ccc(NCCc2cccnc2)cn1. The smallest absolute Gasteiger partial charge is 0.213 e. The van der Waals surface area contributed by atoms with E-state index in [2.05, 4.69) is 21.4 Å². The van der Waals surface area contributed by atoms with Gasteiger partial charge in [0.1, 0.15) is 0 Å². The van der Waals surface area contributed by atoms with E-state index < -0.39 is 0 Å². The van der Waals surface area contributed by atoms with Gasteiger partial charge in [-0.2, -0.15) is 0 Å². The summed E-state index contributed by atoms with van der Waals surface area (Å²) in [5.74, 6) is 0.628. The Balaban J connectivity index is 1.82. The Kier molecular flexibility index (Phi) is 3.91. The van der Waals surface area contributed by atoms with Crippen LogP contribution >= 0.6 is 0 Å². The molecule has 4 heteroatoms. The van der Waals surface area contributed by atoms with Crippen molar-refractivity contribution in [3.05, 3.63) is 48.4 Å². The van der Waals surface area contributed by atoms with Crippen LogP contribution in [0.1, 0.15) is 5.56 Å². The molecule has 0 saturated heterocycles. The molecule has 2 rings (SSSR count). The van der Waals surface area contributed by atoms with Crippen LogP contribution in [-0.4, -0.2) is 23.6 Å². The number of rotatable bonds is 5. The summed E-state index contributed by atoms with van der Waals surface area (Å²) in [6.07, 6.45) is 6.38. The van der Waals surface area contributed by atoms with Gasteiger partial charge < -0.3 is 10.1 Å². The number of ether oxygens (including phenoxy) is 1. The topological polar surface area (TPSA) is 47.0 Å². The summed E-state index contributed by atoms with van der Waals surface area (Å²) in [5, 5.41) is 3.30. The van der Waals surface area contributed by atoms with Crippen molar-refractivity contribution in [1.82, 2.24) is 9.97 Å². The lowest BCUT2D eigenvalue weighted by molar-refractivity contribution is 0.398. The molecule has 2 aromatic heterocycles. The van der Waals surface area contributed by atoms with Gasteiger partial charge in [0, 0.05) is 25.0 Å². The Morgan fingerprint density at radius 2 is 2.18 bits per heavy atom. The highest BCUT2D eigenvalue weighted by Crippen LogP contribution is 2.10. The van der Waals surface area contributed by atoms with Gasteiger partial charge in [0.05, 0.1) is 19.0 Å². The van der Waals surface area contributed by atoms with E-state index >= 15 is 0 Å². The van der Waals surface area contributed by atoms with Gasteiger partial charge in [0.15, 0.2) is 0 Å². The monoisotopic (exact) mass is 229 g/mol. The molecule has 4 nitrogen and oxygen atoms in total. The molecule has 0 aliphatic carbocycles. The fraction of sp³-hybridized carbons (Fsp3) is 0.231. The van der Waals surface area contributed by atoms with Crippen molar-refractivity contribution in [2.24, 2.45) is 0 Å². The number of anilines is 1. The van der Waals surface area contributed by atoms with E-state index in [9.17, 15) is 0 Å². The van der Waals surface area contributed by atoms with Gasteiger partial charge in [-0.3, -0.25) is 4.98 Å². The molecule has 0 aromatic carbocycles. The Morgan fingerprint density at radius 3 is 2.82 bits per heavy atom. The third kappa shape index (κ3) is 3.45. The fourth-order valence-electron chi connectivity index (χ4n) is 1.50. The molecule has 0 bridgehead atoms. The average Bonchev–Trinajstić information content (AvgIpc) is 2.41. The number of aromatic nitrogens is 2. The van der Waals surface area contributed by atoms with E-state index in [1.165, 1.54) is 5.56 Å². The van der Waals surface area contributed by atoms with Crippen molar-refractivity contribution >= 4 is 5.69 Å². The second-order valence-corrected chi connectivity index (χ2v) is 3.63. The Hall–Kier alpha value is -2.10. The summed E-state index contributed by atoms with van der Waals surface area (Å²) in [7, 11) is 1.61. The molecule has 1 N–H and O–H groups in total. The van der Waals surface area contributed by atoms with Crippen LogP contribution in [0.15, 0.2) is 42.9 Å². The zero-order valence-electron chi connectivity index (χ0n) is 9.76. The van der Waals surface area contributed by atoms with Crippen LogP contribution in [0, 0.1) is 0 Å². The first kappa shape index (κ1) is 11.4. The lowest BCUT2D eigenvalue weighted by Crippen LogP contribution is -2.05. The molecule has 0 amide bonds. The van der Waals surface area contributed by atoms with Crippen LogP contribution in [0.3, 0.4) is 0 Å². The fourth-order valence-corrected chi connectivity index (χ4v) is 1.50. The molecule has 0 atom stereocenters. The summed E-state index contributed by atoms with van der Waals surface area (Å²) in [6.45, 7) is 0.861. The summed E-state index contributed by atoms with van der Waals surface area (Å²) < 4.78 is 5.00. The van der Waals surface area contributed by atoms with Gasteiger partial charge in [0.25, 0.3) is 0 Å². The van der Waals surface area contributed by atoms with Crippen molar-refractivity contribution in [1.29, 1.82) is 0 Å². The minimum atomic E-state index is 0.628. The Labute approximate surface area is 101 Å². The lowest BCUT2D eigenvalue weighted by Gasteiger charge is -2.06. The maximum Gasteiger partial charge on any atom is 0.213 e. The predicted molar refractivity (Wildman–Crippen MR) is 67.2 cm³/mol. The molecule has 0 spiro atoms. The van der Waals surface area contributed by atoms with E-state index in [0.29, 0.717) is 5.88 Å². The summed E-state index contributed by atoms with van der Waals surface area (Å²) in [6, 6.07) is 7.81. The predicted octanol–water partition coefficient (Wildman–Crippen LogP) is 2.14. The van der Waals surface area contributed by atoms with Gasteiger partial charge in [0.2, 0.25) is 5.88 Å². The highest BCUT2D eigenvalue weighted by atomic mass is 16.5. The molecule has 0 unspecified atom stereocenters. The first-order valence-corrected chi connectivity index (χ1v) is 5.51. The zero-order chi connectivity index (χ0) is 11.9. The third-order valence-electron chi connectivity index (χ3n) is 2.41. The molecular formula is C13H15N3O. The standard InChI is InChI=1S/C13H15N3O/c1-17-13-5-4-12(10-16-13)15-8-6-11-3-2-7-14-9-11/h2-5,7,9-10,15H,6,8H2,1H3. The highest BCUT2D eigenvalue weighted by molar-refractivity contribution is 5.42. The van der Waals surface area contributed by atoms with Crippen molar-refractivity contribution in [2.45, 2.75) is 6.42 Å². The van der Waals surface area contributed by atoms with Gasteiger partial charge in [-0.05, 0) is 24.1 Å². The molecule has 0 saturated carbocycles. The van der Waals surface area contributed by atoms with Crippen LogP contribution < -0.4 is 10.1 Å². The quantitative estimate of drug-likeness (QED) is 0.853. The van der Waals surface area contributed by atoms with Crippen LogP contribution in [0.25, 0.3) is 0 Å². The van der Waals surface area contributed by atoms with Gasteiger partial charge >= 0.3 is 0 Å². The maximum atomic E-state index is 5.00. The van der Waals surface area contributed by atoms with Gasteiger partial charge in [-0.15, -0.1) is 0 Å². The van der Waals surface area contributed by atoms with Crippen LogP contribution in [0.5, 0.6) is 5.88 Å². The normalized spacial score (nSPS) is 9.94. The molecule has 0 aliphatic heterocycles. The van der Waals surface area contributed by atoms with Crippen molar-refractivity contribution < 1.29 is 4.74 Å². The molecule has 0 fully saturated rings. The Morgan fingerprint density at radius 1 is 1.24 bits per heavy atom. The van der Waals surface area contributed by atoms with Crippen LogP contribution in [-0.2, 0) is 6.42 Å². The number of nitrogens with zero attached hydrogens (tertiary/aromatic N) is 2. The molecule has 0 aliphatic rings. The Bertz CT molecular complexity index is 442. The first-order chi connectivity index (χ1) is 8.38. The van der Waals surface area contributed by atoms with E-state index in [1.54, 1.807) is 19.5 Å². The van der Waals surface area contributed by atoms with E-state index in [0.717, 1.165) is 18.7 Å². The highest BCUT2D eigenvalue weighted by Gasteiger charge is 1.95. The summed E-state index contributed by atoms with van der Waals surface area (Å²) in [5.41, 5.74) is 2.22. The summed E-state index contributed by atoms with van der Waals surface area (Å²) >= 11 is 0. The zero-order valence-corrected chi connectivity index (χ0v) is 9.76. The van der Waals surface area contributed by atoms with E-state index in [-0.39, 0.29) is 0 Å².